The molecule has 1 rings (SSSR count). The van der Waals surface area contributed by atoms with E-state index in [0.717, 1.165) is 0 Å². The van der Waals surface area contributed by atoms with E-state index < -0.39 is 12.2 Å². The maximum absolute atomic E-state index is 10.4. The summed E-state index contributed by atoms with van der Waals surface area (Å²) >= 11 is 0. The first-order chi connectivity index (χ1) is 5.15. The number of hydrogen-bond donors (Lipinski definition) is 2. The molecule has 1 saturated heterocycles. The molecule has 2 N–H and O–H groups in total. The Bertz CT molecular complexity index is 181. The molecule has 0 radical (unpaired) electrons. The minimum absolute atomic E-state index is 0.105. The van der Waals surface area contributed by atoms with E-state index >= 15 is 0 Å². The van der Waals surface area contributed by atoms with Crippen LogP contribution in [0, 0.1) is 5.92 Å². The van der Waals surface area contributed by atoms with E-state index in [9.17, 15) is 9.90 Å². The van der Waals surface area contributed by atoms with Crippen LogP contribution in [0.1, 0.15) is 0 Å². The Morgan fingerprint density at radius 3 is 2.55 bits per heavy atom. The number of aliphatic hydroxyl groups is 1. The average Bonchev–Trinajstić information content (AvgIpc) is 2.31. The summed E-state index contributed by atoms with van der Waals surface area (Å²) in [7, 11) is 0. The summed E-state index contributed by atoms with van der Waals surface area (Å²) in [5.74, 6) is -0.105. The third-order valence-corrected chi connectivity index (χ3v) is 1.91. The Hall–Kier alpha value is -1.03. The van der Waals surface area contributed by atoms with Gasteiger partial charge >= 0.3 is 6.09 Å². The lowest BCUT2D eigenvalue weighted by molar-refractivity contribution is 0.137. The van der Waals surface area contributed by atoms with Gasteiger partial charge < -0.3 is 15.1 Å². The molecule has 0 unspecified atom stereocenters. The number of β-amino-alcohol motifs (C(OH)–C–C–N with tert-alkyl or cyclic N) is 1. The van der Waals surface area contributed by atoms with Crippen LogP contribution >= 0.6 is 0 Å². The van der Waals surface area contributed by atoms with Gasteiger partial charge in [-0.25, -0.2) is 4.79 Å². The van der Waals surface area contributed by atoms with Crippen LogP contribution in [0.3, 0.4) is 0 Å². The number of carboxylic acid groups (broad SMARTS) is 1. The largest absolute Gasteiger partial charge is 0.465 e. The van der Waals surface area contributed by atoms with Gasteiger partial charge in [0.05, 0.1) is 12.6 Å². The molecule has 62 valence electrons. The fourth-order valence-corrected chi connectivity index (χ4v) is 1.20. The van der Waals surface area contributed by atoms with Gasteiger partial charge in [-0.15, -0.1) is 6.58 Å². The normalized spacial score (nSPS) is 30.5. The van der Waals surface area contributed by atoms with Crippen LogP contribution in [0.5, 0.6) is 0 Å². The van der Waals surface area contributed by atoms with E-state index in [-0.39, 0.29) is 12.5 Å². The molecule has 0 bridgehead atoms. The van der Waals surface area contributed by atoms with Gasteiger partial charge in [-0.1, -0.05) is 6.08 Å². The predicted octanol–water partition coefficient (Wildman–Crippen LogP) is 0.143. The van der Waals surface area contributed by atoms with E-state index in [2.05, 4.69) is 6.58 Å². The standard InChI is InChI=1S/C7H11NO3/c1-2-5-3-8(7(10)11)4-6(5)9/h2,5-6,9H,1,3-4H2,(H,10,11)/t5-,6+/m1/s1. The highest BCUT2D eigenvalue weighted by atomic mass is 16.4. The average molecular weight is 157 g/mol. The van der Waals surface area contributed by atoms with Gasteiger partial charge in [0.1, 0.15) is 0 Å². The molecule has 1 fully saturated rings. The smallest absolute Gasteiger partial charge is 0.407 e. The monoisotopic (exact) mass is 157 g/mol. The van der Waals surface area contributed by atoms with Gasteiger partial charge in [0, 0.05) is 12.5 Å². The molecule has 0 aliphatic carbocycles. The van der Waals surface area contributed by atoms with Crippen molar-refractivity contribution in [3.8, 4) is 0 Å². The Kier molecular flexibility index (Phi) is 2.14. The number of likely N-dealkylation sites (tertiary alicyclic amines) is 1. The van der Waals surface area contributed by atoms with E-state index in [4.69, 9.17) is 5.11 Å². The van der Waals surface area contributed by atoms with Gasteiger partial charge in [0.25, 0.3) is 0 Å². The molecule has 2 atom stereocenters. The third-order valence-electron chi connectivity index (χ3n) is 1.91. The van der Waals surface area contributed by atoms with E-state index in [1.54, 1.807) is 6.08 Å². The molecule has 1 aliphatic heterocycles. The van der Waals surface area contributed by atoms with Crippen molar-refractivity contribution in [2.24, 2.45) is 5.92 Å². The first kappa shape index (κ1) is 8.07. The van der Waals surface area contributed by atoms with Crippen molar-refractivity contribution < 1.29 is 15.0 Å². The third kappa shape index (κ3) is 1.51. The fraction of sp³-hybridized carbons (Fsp3) is 0.571. The highest BCUT2D eigenvalue weighted by molar-refractivity contribution is 5.65. The Morgan fingerprint density at radius 1 is 1.64 bits per heavy atom. The first-order valence-corrected chi connectivity index (χ1v) is 3.43. The summed E-state index contributed by atoms with van der Waals surface area (Å²) in [6, 6.07) is 0. The predicted molar refractivity (Wildman–Crippen MR) is 39.3 cm³/mol. The number of nitrogens with zero attached hydrogens (tertiary/aromatic N) is 1. The molecule has 1 aliphatic rings. The van der Waals surface area contributed by atoms with E-state index in [1.807, 2.05) is 0 Å². The Balaban J connectivity index is 2.56. The summed E-state index contributed by atoms with van der Waals surface area (Å²) in [6.07, 6.45) is 0.0325. The van der Waals surface area contributed by atoms with Gasteiger partial charge in [0.15, 0.2) is 0 Å². The Morgan fingerprint density at radius 2 is 2.27 bits per heavy atom. The SMILES string of the molecule is C=C[C@@H]1CN(C(=O)O)C[C@@H]1O. The van der Waals surface area contributed by atoms with Crippen LogP contribution in [-0.4, -0.2) is 40.4 Å². The van der Waals surface area contributed by atoms with Crippen LogP contribution in [0.25, 0.3) is 0 Å². The highest BCUT2D eigenvalue weighted by Gasteiger charge is 2.31. The number of rotatable bonds is 1. The fourth-order valence-electron chi connectivity index (χ4n) is 1.20. The molecule has 4 heteroatoms. The summed E-state index contributed by atoms with van der Waals surface area (Å²) in [4.78, 5) is 11.6. The number of hydrogen-bond acceptors (Lipinski definition) is 2. The lowest BCUT2D eigenvalue weighted by atomic mass is 10.1. The molecule has 4 nitrogen and oxygen atoms in total. The van der Waals surface area contributed by atoms with Crippen LogP contribution in [0.15, 0.2) is 12.7 Å². The minimum atomic E-state index is -0.978. The van der Waals surface area contributed by atoms with Crippen LogP contribution < -0.4 is 0 Å². The zero-order chi connectivity index (χ0) is 8.43. The molecule has 1 heterocycles. The molecule has 0 spiro atoms. The van der Waals surface area contributed by atoms with Crippen LogP contribution in [0.4, 0.5) is 4.79 Å². The summed E-state index contributed by atoms with van der Waals surface area (Å²) in [5, 5.41) is 17.8. The van der Waals surface area contributed by atoms with E-state index in [0.29, 0.717) is 6.54 Å². The van der Waals surface area contributed by atoms with Crippen molar-refractivity contribution in [2.75, 3.05) is 13.1 Å². The second-order valence-electron chi connectivity index (χ2n) is 2.65. The quantitative estimate of drug-likeness (QED) is 0.532. The summed E-state index contributed by atoms with van der Waals surface area (Å²) in [6.45, 7) is 4.07. The van der Waals surface area contributed by atoms with Gasteiger partial charge in [-0.3, -0.25) is 0 Å². The van der Waals surface area contributed by atoms with Crippen LogP contribution in [0.2, 0.25) is 0 Å². The molecule has 1 amide bonds. The van der Waals surface area contributed by atoms with Gasteiger partial charge in [0.2, 0.25) is 0 Å². The zero-order valence-electron chi connectivity index (χ0n) is 6.10. The first-order valence-electron chi connectivity index (χ1n) is 3.43. The number of aliphatic hydroxyl groups excluding tert-OH is 1. The van der Waals surface area contributed by atoms with Crippen molar-refractivity contribution in [2.45, 2.75) is 6.10 Å². The van der Waals surface area contributed by atoms with Crippen molar-refractivity contribution >= 4 is 6.09 Å². The topological polar surface area (TPSA) is 60.8 Å². The van der Waals surface area contributed by atoms with Gasteiger partial charge in [-0.05, 0) is 0 Å². The lowest BCUT2D eigenvalue weighted by Crippen LogP contribution is -2.27. The number of amides is 1. The second kappa shape index (κ2) is 2.92. The van der Waals surface area contributed by atoms with Crippen molar-refractivity contribution in [3.05, 3.63) is 12.7 Å². The van der Waals surface area contributed by atoms with E-state index in [1.165, 1.54) is 4.90 Å². The van der Waals surface area contributed by atoms with Gasteiger partial charge in [-0.2, -0.15) is 0 Å². The summed E-state index contributed by atoms with van der Waals surface area (Å²) in [5.41, 5.74) is 0. The van der Waals surface area contributed by atoms with Crippen molar-refractivity contribution in [3.63, 3.8) is 0 Å². The highest BCUT2D eigenvalue weighted by Crippen LogP contribution is 2.17. The maximum atomic E-state index is 10.4. The van der Waals surface area contributed by atoms with Crippen molar-refractivity contribution in [1.29, 1.82) is 0 Å². The van der Waals surface area contributed by atoms with Crippen LogP contribution in [-0.2, 0) is 0 Å². The molecule has 0 saturated carbocycles. The lowest BCUT2D eigenvalue weighted by Gasteiger charge is -2.08. The molecule has 0 aromatic carbocycles. The molecule has 0 aromatic heterocycles. The maximum Gasteiger partial charge on any atom is 0.407 e. The summed E-state index contributed by atoms with van der Waals surface area (Å²) < 4.78 is 0. The molecular weight excluding hydrogens is 146 g/mol. The molecule has 0 aromatic rings. The number of carbonyl (C=O) groups is 1. The molecular formula is C7H11NO3. The zero-order valence-corrected chi connectivity index (χ0v) is 6.10. The second-order valence-corrected chi connectivity index (χ2v) is 2.65. The van der Waals surface area contributed by atoms with Crippen molar-refractivity contribution in [1.82, 2.24) is 4.90 Å². The minimum Gasteiger partial charge on any atom is -0.465 e. The molecule has 11 heavy (non-hydrogen) atoms. The Labute approximate surface area is 64.7 Å².